The van der Waals surface area contributed by atoms with Gasteiger partial charge in [-0.1, -0.05) is 24.3 Å². The Balaban J connectivity index is 0.00000676. The van der Waals surface area contributed by atoms with Gasteiger partial charge in [-0.05, 0) is 38.8 Å². The SMILES string of the molecule is CCNC(=NCc1ccc(CS(=O)(=O)NC(C)C)cc1)NC(C)COC.I. The van der Waals surface area contributed by atoms with Gasteiger partial charge in [-0.2, -0.15) is 0 Å². The van der Waals surface area contributed by atoms with Crippen molar-refractivity contribution >= 4 is 40.0 Å². The fourth-order valence-corrected chi connectivity index (χ4v) is 3.81. The molecule has 27 heavy (non-hydrogen) atoms. The molecule has 0 aliphatic carbocycles. The molecule has 0 amide bonds. The van der Waals surface area contributed by atoms with Gasteiger partial charge in [-0.3, -0.25) is 0 Å². The number of nitrogens with zero attached hydrogens (tertiary/aromatic N) is 1. The Kier molecular flexibility index (Phi) is 12.8. The average molecular weight is 512 g/mol. The molecule has 0 aliphatic heterocycles. The third-order valence-corrected chi connectivity index (χ3v) is 4.90. The predicted octanol–water partition coefficient (Wildman–Crippen LogP) is 2.22. The van der Waals surface area contributed by atoms with Crippen LogP contribution in [-0.2, 0) is 27.1 Å². The number of aliphatic imine (C=N–C) groups is 1. The van der Waals surface area contributed by atoms with Crippen molar-refractivity contribution < 1.29 is 13.2 Å². The molecular formula is C18H33IN4O3S. The number of sulfonamides is 1. The van der Waals surface area contributed by atoms with Crippen LogP contribution in [-0.4, -0.2) is 46.7 Å². The molecule has 0 aliphatic rings. The number of nitrogens with one attached hydrogen (secondary N) is 3. The minimum Gasteiger partial charge on any atom is -0.383 e. The summed E-state index contributed by atoms with van der Waals surface area (Å²) in [5.74, 6) is 0.706. The molecule has 9 heteroatoms. The summed E-state index contributed by atoms with van der Waals surface area (Å²) in [7, 11) is -1.64. The van der Waals surface area contributed by atoms with Crippen LogP contribution in [0.5, 0.6) is 0 Å². The first kappa shape index (κ1) is 26.1. The molecule has 0 radical (unpaired) electrons. The Morgan fingerprint density at radius 2 is 1.74 bits per heavy atom. The zero-order chi connectivity index (χ0) is 19.6. The molecule has 1 aromatic carbocycles. The highest BCUT2D eigenvalue weighted by molar-refractivity contribution is 14.0. The lowest BCUT2D eigenvalue weighted by atomic mass is 10.1. The number of guanidine groups is 1. The summed E-state index contributed by atoms with van der Waals surface area (Å²) in [6.07, 6.45) is 0. The first-order chi connectivity index (χ1) is 12.3. The number of methoxy groups -OCH3 is 1. The van der Waals surface area contributed by atoms with E-state index in [0.717, 1.165) is 23.6 Å². The first-order valence-electron chi connectivity index (χ1n) is 8.87. The van der Waals surface area contributed by atoms with Gasteiger partial charge >= 0.3 is 0 Å². The van der Waals surface area contributed by atoms with Crippen LogP contribution >= 0.6 is 24.0 Å². The fraction of sp³-hybridized carbons (Fsp3) is 0.611. The predicted molar refractivity (Wildman–Crippen MR) is 122 cm³/mol. The van der Waals surface area contributed by atoms with E-state index in [4.69, 9.17) is 4.74 Å². The van der Waals surface area contributed by atoms with E-state index in [2.05, 4.69) is 20.3 Å². The van der Waals surface area contributed by atoms with E-state index in [0.29, 0.717) is 13.2 Å². The van der Waals surface area contributed by atoms with Gasteiger partial charge < -0.3 is 15.4 Å². The quantitative estimate of drug-likeness (QED) is 0.254. The maximum absolute atomic E-state index is 12.0. The molecule has 3 N–H and O–H groups in total. The molecular weight excluding hydrogens is 479 g/mol. The molecule has 0 saturated carbocycles. The maximum atomic E-state index is 12.0. The number of hydrogen-bond donors (Lipinski definition) is 3. The van der Waals surface area contributed by atoms with E-state index in [1.807, 2.05) is 52.0 Å². The van der Waals surface area contributed by atoms with Gasteiger partial charge in [-0.15, -0.1) is 24.0 Å². The summed E-state index contributed by atoms with van der Waals surface area (Å²) < 4.78 is 31.7. The van der Waals surface area contributed by atoms with E-state index >= 15 is 0 Å². The molecule has 0 spiro atoms. The molecule has 1 rings (SSSR count). The van der Waals surface area contributed by atoms with Crippen LogP contribution < -0.4 is 15.4 Å². The van der Waals surface area contributed by atoms with Crippen molar-refractivity contribution in [3.05, 3.63) is 35.4 Å². The largest absolute Gasteiger partial charge is 0.383 e. The lowest BCUT2D eigenvalue weighted by Crippen LogP contribution is -2.43. The Labute approximate surface area is 180 Å². The number of hydrogen-bond acceptors (Lipinski definition) is 4. The molecule has 156 valence electrons. The van der Waals surface area contributed by atoms with Crippen molar-refractivity contribution in [2.75, 3.05) is 20.3 Å². The van der Waals surface area contributed by atoms with Gasteiger partial charge in [0.05, 0.1) is 18.9 Å². The highest BCUT2D eigenvalue weighted by Crippen LogP contribution is 2.09. The van der Waals surface area contributed by atoms with Crippen LogP contribution in [0.2, 0.25) is 0 Å². The lowest BCUT2D eigenvalue weighted by molar-refractivity contribution is 0.179. The minimum absolute atomic E-state index is 0. The van der Waals surface area contributed by atoms with Gasteiger partial charge in [0.15, 0.2) is 5.96 Å². The fourth-order valence-electron chi connectivity index (χ4n) is 2.38. The monoisotopic (exact) mass is 512 g/mol. The minimum atomic E-state index is -3.31. The van der Waals surface area contributed by atoms with Crippen LogP contribution in [0.15, 0.2) is 29.3 Å². The molecule has 7 nitrogen and oxygen atoms in total. The van der Waals surface area contributed by atoms with Crippen LogP contribution in [0.25, 0.3) is 0 Å². The van der Waals surface area contributed by atoms with Gasteiger partial charge in [0.2, 0.25) is 10.0 Å². The van der Waals surface area contributed by atoms with Crippen LogP contribution in [0.3, 0.4) is 0 Å². The summed E-state index contributed by atoms with van der Waals surface area (Å²) in [5.41, 5.74) is 1.77. The number of halogens is 1. The molecule has 0 bridgehead atoms. The summed E-state index contributed by atoms with van der Waals surface area (Å²) in [6, 6.07) is 7.53. The van der Waals surface area contributed by atoms with Crippen molar-refractivity contribution in [2.24, 2.45) is 4.99 Å². The van der Waals surface area contributed by atoms with Gasteiger partial charge in [0, 0.05) is 25.7 Å². The Morgan fingerprint density at radius 1 is 1.15 bits per heavy atom. The van der Waals surface area contributed by atoms with Gasteiger partial charge in [-0.25, -0.2) is 18.1 Å². The normalized spacial score (nSPS) is 13.2. The molecule has 1 atom stereocenters. The lowest BCUT2D eigenvalue weighted by Gasteiger charge is -2.17. The average Bonchev–Trinajstić information content (AvgIpc) is 2.52. The van der Waals surface area contributed by atoms with E-state index in [-0.39, 0.29) is 41.8 Å². The smallest absolute Gasteiger partial charge is 0.216 e. The first-order valence-corrected chi connectivity index (χ1v) is 10.5. The molecule has 0 fully saturated rings. The molecule has 0 heterocycles. The molecule has 1 unspecified atom stereocenters. The zero-order valence-electron chi connectivity index (χ0n) is 16.8. The van der Waals surface area contributed by atoms with E-state index in [9.17, 15) is 8.42 Å². The number of ether oxygens (including phenoxy) is 1. The summed E-state index contributed by atoms with van der Waals surface area (Å²) in [4.78, 5) is 4.56. The highest BCUT2D eigenvalue weighted by Gasteiger charge is 2.12. The molecule has 1 aromatic rings. The Bertz CT molecular complexity index is 664. The zero-order valence-corrected chi connectivity index (χ0v) is 19.9. The van der Waals surface area contributed by atoms with Crippen LogP contribution in [0.4, 0.5) is 0 Å². The number of rotatable bonds is 10. The Hall–Kier alpha value is -0.910. The highest BCUT2D eigenvalue weighted by atomic mass is 127. The topological polar surface area (TPSA) is 91.8 Å². The second-order valence-electron chi connectivity index (χ2n) is 6.54. The standard InChI is InChI=1S/C18H32N4O3S.HI/c1-6-19-18(21-15(4)12-25-5)20-11-16-7-9-17(10-8-16)13-26(23,24)22-14(2)3;/h7-10,14-15,22H,6,11-13H2,1-5H3,(H2,19,20,21);1H. The Morgan fingerprint density at radius 3 is 2.26 bits per heavy atom. The van der Waals surface area contributed by atoms with Crippen molar-refractivity contribution in [1.82, 2.24) is 15.4 Å². The van der Waals surface area contributed by atoms with Gasteiger partial charge in [0.1, 0.15) is 0 Å². The molecule has 0 saturated heterocycles. The van der Waals surface area contributed by atoms with Crippen molar-refractivity contribution in [1.29, 1.82) is 0 Å². The maximum Gasteiger partial charge on any atom is 0.216 e. The van der Waals surface area contributed by atoms with E-state index in [1.165, 1.54) is 0 Å². The van der Waals surface area contributed by atoms with Crippen molar-refractivity contribution in [3.8, 4) is 0 Å². The second-order valence-corrected chi connectivity index (χ2v) is 8.30. The van der Waals surface area contributed by atoms with E-state index in [1.54, 1.807) is 7.11 Å². The second kappa shape index (κ2) is 13.3. The van der Waals surface area contributed by atoms with Gasteiger partial charge in [0.25, 0.3) is 0 Å². The van der Waals surface area contributed by atoms with Crippen molar-refractivity contribution in [2.45, 2.75) is 52.1 Å². The third kappa shape index (κ3) is 11.5. The summed E-state index contributed by atoms with van der Waals surface area (Å²) >= 11 is 0. The summed E-state index contributed by atoms with van der Waals surface area (Å²) in [6.45, 7) is 9.52. The van der Waals surface area contributed by atoms with Crippen LogP contribution in [0, 0.1) is 0 Å². The molecule has 0 aromatic heterocycles. The van der Waals surface area contributed by atoms with Crippen molar-refractivity contribution in [3.63, 3.8) is 0 Å². The summed E-state index contributed by atoms with van der Waals surface area (Å²) in [5, 5.41) is 6.47. The number of benzene rings is 1. The third-order valence-electron chi connectivity index (χ3n) is 3.36. The van der Waals surface area contributed by atoms with Crippen LogP contribution in [0.1, 0.15) is 38.8 Å². The van der Waals surface area contributed by atoms with E-state index < -0.39 is 10.0 Å².